The molecule has 1 aromatic carbocycles. The Morgan fingerprint density at radius 2 is 2.12 bits per heavy atom. The molecule has 1 saturated heterocycles. The first-order chi connectivity index (χ1) is 11.5. The Bertz CT molecular complexity index is 683. The number of aromatic nitrogens is 2. The fourth-order valence-corrected chi connectivity index (χ4v) is 3.07. The highest BCUT2D eigenvalue weighted by atomic mass is 16.5. The summed E-state index contributed by atoms with van der Waals surface area (Å²) < 4.78 is 5.41. The average molecular weight is 328 g/mol. The summed E-state index contributed by atoms with van der Waals surface area (Å²) >= 11 is 0. The molecular weight excluding hydrogens is 304 g/mol. The lowest BCUT2D eigenvalue weighted by molar-refractivity contribution is -0.121. The van der Waals surface area contributed by atoms with Crippen molar-refractivity contribution in [3.05, 3.63) is 47.6 Å². The van der Waals surface area contributed by atoms with Crippen molar-refractivity contribution in [3.8, 4) is 0 Å². The number of hydrogen-bond acceptors (Lipinski definition) is 5. The van der Waals surface area contributed by atoms with Crippen molar-refractivity contribution < 1.29 is 9.32 Å². The van der Waals surface area contributed by atoms with E-state index in [1.807, 2.05) is 51.2 Å². The monoisotopic (exact) mass is 328 g/mol. The van der Waals surface area contributed by atoms with Gasteiger partial charge in [-0.15, -0.1) is 0 Å². The number of carbonyl (C=O) groups is 1. The topological polar surface area (TPSA) is 71.3 Å². The zero-order valence-corrected chi connectivity index (χ0v) is 14.4. The SMILES string of the molecule is CC(C)c1noc([C@@H]2C[C@H](NC(=O)Cc3ccccc3)CN2C)n1. The lowest BCUT2D eigenvalue weighted by atomic mass is 10.1. The van der Waals surface area contributed by atoms with Crippen molar-refractivity contribution in [3.63, 3.8) is 0 Å². The van der Waals surface area contributed by atoms with E-state index in [-0.39, 0.29) is 23.9 Å². The summed E-state index contributed by atoms with van der Waals surface area (Å²) in [6.45, 7) is 4.86. The molecule has 0 radical (unpaired) electrons. The van der Waals surface area contributed by atoms with Crippen LogP contribution in [-0.4, -0.2) is 40.6 Å². The first-order valence-corrected chi connectivity index (χ1v) is 8.40. The molecule has 24 heavy (non-hydrogen) atoms. The van der Waals surface area contributed by atoms with Gasteiger partial charge in [-0.1, -0.05) is 49.3 Å². The summed E-state index contributed by atoms with van der Waals surface area (Å²) in [4.78, 5) is 18.9. The summed E-state index contributed by atoms with van der Waals surface area (Å²) in [5.41, 5.74) is 1.02. The van der Waals surface area contributed by atoms with Gasteiger partial charge in [-0.3, -0.25) is 9.69 Å². The van der Waals surface area contributed by atoms with Crippen molar-refractivity contribution in [2.24, 2.45) is 0 Å². The van der Waals surface area contributed by atoms with Gasteiger partial charge >= 0.3 is 0 Å². The van der Waals surface area contributed by atoms with Gasteiger partial charge in [0.2, 0.25) is 11.8 Å². The Morgan fingerprint density at radius 3 is 2.79 bits per heavy atom. The molecule has 1 fully saturated rings. The lowest BCUT2D eigenvalue weighted by Crippen LogP contribution is -2.37. The Labute approximate surface area is 142 Å². The van der Waals surface area contributed by atoms with E-state index in [0.717, 1.165) is 24.4 Å². The van der Waals surface area contributed by atoms with Gasteiger partial charge in [-0.25, -0.2) is 0 Å². The molecule has 0 unspecified atom stereocenters. The van der Waals surface area contributed by atoms with Crippen molar-refractivity contribution >= 4 is 5.91 Å². The second kappa shape index (κ2) is 7.13. The third-order valence-corrected chi connectivity index (χ3v) is 4.38. The van der Waals surface area contributed by atoms with Crippen molar-refractivity contribution in [1.29, 1.82) is 0 Å². The maximum absolute atomic E-state index is 12.2. The average Bonchev–Trinajstić information content (AvgIpc) is 3.15. The van der Waals surface area contributed by atoms with Crippen LogP contribution in [0.2, 0.25) is 0 Å². The predicted molar refractivity (Wildman–Crippen MR) is 90.5 cm³/mol. The minimum Gasteiger partial charge on any atom is -0.352 e. The van der Waals surface area contributed by atoms with Crippen LogP contribution in [0.25, 0.3) is 0 Å². The molecule has 1 N–H and O–H groups in total. The predicted octanol–water partition coefficient (Wildman–Crippen LogP) is 2.30. The Morgan fingerprint density at radius 1 is 1.38 bits per heavy atom. The third-order valence-electron chi connectivity index (χ3n) is 4.38. The van der Waals surface area contributed by atoms with Crippen LogP contribution in [-0.2, 0) is 11.2 Å². The Hall–Kier alpha value is -2.21. The van der Waals surface area contributed by atoms with Gasteiger partial charge in [0, 0.05) is 18.5 Å². The smallest absolute Gasteiger partial charge is 0.244 e. The minimum atomic E-state index is 0.0497. The normalized spacial score (nSPS) is 21.3. The third kappa shape index (κ3) is 3.82. The summed E-state index contributed by atoms with van der Waals surface area (Å²) in [5.74, 6) is 1.67. The lowest BCUT2D eigenvalue weighted by Gasteiger charge is -2.14. The quantitative estimate of drug-likeness (QED) is 0.912. The molecule has 0 saturated carbocycles. The van der Waals surface area contributed by atoms with Crippen molar-refractivity contribution in [2.75, 3.05) is 13.6 Å². The van der Waals surface area contributed by atoms with E-state index in [9.17, 15) is 4.79 Å². The van der Waals surface area contributed by atoms with Crippen LogP contribution in [0.3, 0.4) is 0 Å². The van der Waals surface area contributed by atoms with E-state index in [2.05, 4.69) is 20.4 Å². The molecule has 0 bridgehead atoms. The molecule has 0 spiro atoms. The number of hydrogen-bond donors (Lipinski definition) is 1. The molecule has 0 aliphatic carbocycles. The van der Waals surface area contributed by atoms with Gasteiger partial charge in [0.15, 0.2) is 5.82 Å². The van der Waals surface area contributed by atoms with Crippen LogP contribution < -0.4 is 5.32 Å². The molecule has 1 aliphatic heterocycles. The zero-order chi connectivity index (χ0) is 17.1. The van der Waals surface area contributed by atoms with E-state index >= 15 is 0 Å². The molecule has 2 atom stereocenters. The molecule has 1 aliphatic rings. The molecule has 6 nitrogen and oxygen atoms in total. The van der Waals surface area contributed by atoms with Gasteiger partial charge in [0.05, 0.1) is 12.5 Å². The van der Waals surface area contributed by atoms with Gasteiger partial charge in [0.25, 0.3) is 0 Å². The first-order valence-electron chi connectivity index (χ1n) is 8.40. The van der Waals surface area contributed by atoms with Crippen LogP contribution in [0.5, 0.6) is 0 Å². The summed E-state index contributed by atoms with van der Waals surface area (Å²) in [5, 5.41) is 7.15. The van der Waals surface area contributed by atoms with Gasteiger partial charge in [0.1, 0.15) is 0 Å². The highest BCUT2D eigenvalue weighted by Gasteiger charge is 2.35. The second-order valence-corrected chi connectivity index (χ2v) is 6.76. The first kappa shape index (κ1) is 16.6. The number of nitrogens with zero attached hydrogens (tertiary/aromatic N) is 3. The molecular formula is C18H24N4O2. The summed E-state index contributed by atoms with van der Waals surface area (Å²) in [7, 11) is 2.02. The van der Waals surface area contributed by atoms with Crippen LogP contribution in [0.15, 0.2) is 34.9 Å². The summed E-state index contributed by atoms with van der Waals surface area (Å²) in [6, 6.07) is 9.95. The maximum atomic E-state index is 12.2. The molecule has 128 valence electrons. The second-order valence-electron chi connectivity index (χ2n) is 6.76. The molecule has 3 rings (SSSR count). The fourth-order valence-electron chi connectivity index (χ4n) is 3.07. The van der Waals surface area contributed by atoms with Gasteiger partial charge in [-0.2, -0.15) is 4.98 Å². The van der Waals surface area contributed by atoms with Crippen LogP contribution in [0.4, 0.5) is 0 Å². The molecule has 2 aromatic rings. The van der Waals surface area contributed by atoms with Gasteiger partial charge in [-0.05, 0) is 19.0 Å². The molecule has 2 heterocycles. The van der Waals surface area contributed by atoms with Crippen LogP contribution in [0.1, 0.15) is 49.5 Å². The number of carbonyl (C=O) groups excluding carboxylic acids is 1. The van der Waals surface area contributed by atoms with Crippen molar-refractivity contribution in [2.45, 2.75) is 44.7 Å². The van der Waals surface area contributed by atoms with E-state index in [0.29, 0.717) is 12.3 Å². The Balaban J connectivity index is 1.58. The summed E-state index contributed by atoms with van der Waals surface area (Å²) in [6.07, 6.45) is 1.19. The highest BCUT2D eigenvalue weighted by molar-refractivity contribution is 5.78. The number of amides is 1. The minimum absolute atomic E-state index is 0.0497. The maximum Gasteiger partial charge on any atom is 0.244 e. The number of rotatable bonds is 5. The number of benzene rings is 1. The van der Waals surface area contributed by atoms with Crippen molar-refractivity contribution in [1.82, 2.24) is 20.4 Å². The van der Waals surface area contributed by atoms with Crippen LogP contribution >= 0.6 is 0 Å². The largest absolute Gasteiger partial charge is 0.352 e. The molecule has 6 heteroatoms. The number of nitrogens with one attached hydrogen (secondary N) is 1. The van der Waals surface area contributed by atoms with E-state index < -0.39 is 0 Å². The fraction of sp³-hybridized carbons (Fsp3) is 0.500. The van der Waals surface area contributed by atoms with Gasteiger partial charge < -0.3 is 9.84 Å². The standard InChI is InChI=1S/C18H24N4O2/c1-12(2)17-20-18(24-21-17)15-10-14(11-22(15)3)19-16(23)9-13-7-5-4-6-8-13/h4-8,12,14-15H,9-11H2,1-3H3,(H,19,23)/t14-,15-/m0/s1. The molecule has 1 aromatic heterocycles. The zero-order valence-electron chi connectivity index (χ0n) is 14.4. The number of likely N-dealkylation sites (tertiary alicyclic amines) is 1. The highest BCUT2D eigenvalue weighted by Crippen LogP contribution is 2.30. The van der Waals surface area contributed by atoms with E-state index in [1.165, 1.54) is 0 Å². The van der Waals surface area contributed by atoms with E-state index in [1.54, 1.807) is 0 Å². The van der Waals surface area contributed by atoms with Crippen LogP contribution in [0, 0.1) is 0 Å². The van der Waals surface area contributed by atoms with E-state index in [4.69, 9.17) is 4.52 Å². The number of likely N-dealkylation sites (N-methyl/N-ethyl adjacent to an activating group) is 1. The Kier molecular flexibility index (Phi) is 4.94. The molecule has 1 amide bonds.